The van der Waals surface area contributed by atoms with Crippen LogP contribution in [0.1, 0.15) is 87.7 Å². The van der Waals surface area contributed by atoms with Crippen molar-refractivity contribution in [3.8, 4) is 11.5 Å². The third-order valence-corrected chi connectivity index (χ3v) is 8.41. The third kappa shape index (κ3) is 5.01. The minimum Gasteiger partial charge on any atom is -0.444 e. The van der Waals surface area contributed by atoms with Gasteiger partial charge in [0.05, 0.1) is 5.56 Å². The molecule has 1 saturated carbocycles. The number of ether oxygens (including phenoxy) is 2. The quantitative estimate of drug-likeness (QED) is 0.438. The van der Waals surface area contributed by atoms with E-state index < -0.39 is 16.6 Å². The van der Waals surface area contributed by atoms with Crippen LogP contribution >= 0.6 is 0 Å². The molecule has 0 spiro atoms. The number of carbonyl (C=O) groups is 1. The Morgan fingerprint density at radius 2 is 1.73 bits per heavy atom. The van der Waals surface area contributed by atoms with Crippen LogP contribution in [0.15, 0.2) is 47.2 Å². The number of hydrogen-bond donors (Lipinski definition) is 1. The summed E-state index contributed by atoms with van der Waals surface area (Å²) >= 11 is 0. The molecule has 3 fully saturated rings. The molecular weight excluding hydrogens is 508 g/mol. The fourth-order valence-electron chi connectivity index (χ4n) is 5.99. The maximum Gasteiger partial charge on any atom is 0.410 e. The number of benzene rings is 1. The first-order valence-corrected chi connectivity index (χ1v) is 14.2. The Labute approximate surface area is 234 Å². The summed E-state index contributed by atoms with van der Waals surface area (Å²) in [6, 6.07) is 10.1. The molecule has 9 heteroatoms. The zero-order chi connectivity index (χ0) is 28.1. The second kappa shape index (κ2) is 9.96. The van der Waals surface area contributed by atoms with Crippen molar-refractivity contribution >= 4 is 6.09 Å². The number of carbonyl (C=O) groups excluding carboxylic acids is 1. The van der Waals surface area contributed by atoms with E-state index in [2.05, 4.69) is 27.3 Å². The zero-order valence-corrected chi connectivity index (χ0v) is 23.7. The summed E-state index contributed by atoms with van der Waals surface area (Å²) in [5.74, 6) is 1.86. The lowest BCUT2D eigenvalue weighted by Gasteiger charge is -2.56. The van der Waals surface area contributed by atoms with E-state index in [0.717, 1.165) is 18.4 Å². The molecule has 6 rings (SSSR count). The Bertz CT molecular complexity index is 1360. The van der Waals surface area contributed by atoms with Crippen molar-refractivity contribution in [2.75, 3.05) is 26.3 Å². The van der Waals surface area contributed by atoms with Gasteiger partial charge in [-0.15, -0.1) is 0 Å². The number of amides is 1. The lowest BCUT2D eigenvalue weighted by Crippen LogP contribution is -2.66. The van der Waals surface area contributed by atoms with Crippen molar-refractivity contribution in [2.24, 2.45) is 5.41 Å². The largest absolute Gasteiger partial charge is 0.444 e. The molecule has 0 unspecified atom stereocenters. The molecule has 3 aromatic rings. The lowest BCUT2D eigenvalue weighted by molar-refractivity contribution is -0.131. The number of aliphatic hydroxyl groups is 1. The van der Waals surface area contributed by atoms with E-state index in [0.29, 0.717) is 55.1 Å². The van der Waals surface area contributed by atoms with Gasteiger partial charge in [0, 0.05) is 55.6 Å². The first-order chi connectivity index (χ1) is 19.1. The van der Waals surface area contributed by atoms with E-state index in [1.165, 1.54) is 18.4 Å². The molecule has 1 aromatic carbocycles. The fourth-order valence-corrected chi connectivity index (χ4v) is 5.99. The van der Waals surface area contributed by atoms with E-state index in [1.807, 2.05) is 45.9 Å². The van der Waals surface area contributed by atoms with Gasteiger partial charge in [-0.25, -0.2) is 4.79 Å². The van der Waals surface area contributed by atoms with Gasteiger partial charge in [0.15, 0.2) is 5.82 Å². The molecule has 0 radical (unpaired) electrons. The predicted octanol–water partition coefficient (Wildman–Crippen LogP) is 5.40. The number of likely N-dealkylation sites (tertiary alicyclic amines) is 1. The molecule has 2 saturated heterocycles. The fraction of sp³-hybridized carbons (Fsp3) is 0.548. The molecule has 1 N–H and O–H groups in total. The number of rotatable bonds is 6. The maximum absolute atomic E-state index is 12.8. The Balaban J connectivity index is 1.33. The monoisotopic (exact) mass is 546 g/mol. The van der Waals surface area contributed by atoms with E-state index >= 15 is 0 Å². The standard InChI is InChI=1S/C31H38N4O5/c1-29(2,3)39-28(36)35-18-30(4,19-35)31(37,24-9-7-21(8-10-24)20-5-6-20)25-15-23(16-32-17-25)27-33-26(34-40-27)22-11-13-38-14-12-22/h7-10,15-17,20,22,37H,5-6,11-14,18-19H2,1-4H3/t31-/m0/s1. The van der Waals surface area contributed by atoms with Gasteiger partial charge < -0.3 is 24.0 Å². The highest BCUT2D eigenvalue weighted by Gasteiger charge is 2.58. The average molecular weight is 547 g/mol. The lowest BCUT2D eigenvalue weighted by atomic mass is 9.62. The molecule has 3 aliphatic rings. The van der Waals surface area contributed by atoms with Crippen molar-refractivity contribution in [3.05, 3.63) is 65.2 Å². The molecule has 2 aromatic heterocycles. The van der Waals surface area contributed by atoms with Crippen molar-refractivity contribution < 1.29 is 23.9 Å². The second-order valence-electron chi connectivity index (χ2n) is 12.8. The summed E-state index contributed by atoms with van der Waals surface area (Å²) < 4.78 is 16.7. The minimum atomic E-state index is -1.43. The summed E-state index contributed by atoms with van der Waals surface area (Å²) in [5, 5.41) is 16.9. The first kappa shape index (κ1) is 26.9. The number of nitrogens with zero attached hydrogens (tertiary/aromatic N) is 4. The van der Waals surface area contributed by atoms with E-state index in [9.17, 15) is 9.90 Å². The van der Waals surface area contributed by atoms with Crippen LogP contribution in [0.5, 0.6) is 0 Å². The van der Waals surface area contributed by atoms with Gasteiger partial charge in [0.1, 0.15) is 11.2 Å². The van der Waals surface area contributed by atoms with Crippen molar-refractivity contribution in [1.82, 2.24) is 20.0 Å². The third-order valence-electron chi connectivity index (χ3n) is 8.41. The topological polar surface area (TPSA) is 111 Å². The van der Waals surface area contributed by atoms with Crippen LogP contribution in [0.3, 0.4) is 0 Å². The highest BCUT2D eigenvalue weighted by atomic mass is 16.6. The van der Waals surface area contributed by atoms with Crippen molar-refractivity contribution in [2.45, 2.75) is 76.4 Å². The Kier molecular flexibility index (Phi) is 6.70. The van der Waals surface area contributed by atoms with E-state index in [-0.39, 0.29) is 12.0 Å². The van der Waals surface area contributed by atoms with Crippen LogP contribution in [0.2, 0.25) is 0 Å². The van der Waals surface area contributed by atoms with Gasteiger partial charge in [-0.05, 0) is 69.6 Å². The summed E-state index contributed by atoms with van der Waals surface area (Å²) in [5.41, 5.74) is 0.594. The molecule has 2 aliphatic heterocycles. The molecule has 1 aliphatic carbocycles. The van der Waals surface area contributed by atoms with Crippen LogP contribution in [0, 0.1) is 5.41 Å². The van der Waals surface area contributed by atoms with E-state index in [4.69, 9.17) is 14.0 Å². The Hall–Kier alpha value is -3.30. The second-order valence-corrected chi connectivity index (χ2v) is 12.8. The average Bonchev–Trinajstić information content (AvgIpc) is 3.66. The molecule has 9 nitrogen and oxygen atoms in total. The normalized spacial score (nSPS) is 21.0. The summed E-state index contributed by atoms with van der Waals surface area (Å²) in [6.45, 7) is 9.61. The SMILES string of the molecule is CC(C)(C)OC(=O)N1CC(C)([C@](O)(c2ccc(C3CC3)cc2)c2cncc(-c3nc(C4CCOCC4)no3)c2)C1. The van der Waals surface area contributed by atoms with Crippen LogP contribution in [0.4, 0.5) is 4.79 Å². The smallest absolute Gasteiger partial charge is 0.410 e. The Morgan fingerprint density at radius 3 is 2.38 bits per heavy atom. The Morgan fingerprint density at radius 1 is 1.02 bits per heavy atom. The van der Waals surface area contributed by atoms with Crippen LogP contribution in [0.25, 0.3) is 11.5 Å². The van der Waals surface area contributed by atoms with Gasteiger partial charge in [-0.1, -0.05) is 36.3 Å². The summed E-state index contributed by atoms with van der Waals surface area (Å²) in [6.07, 6.45) is 7.12. The summed E-state index contributed by atoms with van der Waals surface area (Å²) in [4.78, 5) is 23.6. The van der Waals surface area contributed by atoms with Crippen molar-refractivity contribution in [1.29, 1.82) is 0 Å². The minimum absolute atomic E-state index is 0.206. The molecule has 4 heterocycles. The first-order valence-electron chi connectivity index (χ1n) is 14.2. The number of pyridine rings is 1. The molecule has 40 heavy (non-hydrogen) atoms. The highest BCUT2D eigenvalue weighted by Crippen LogP contribution is 2.51. The molecule has 1 amide bonds. The van der Waals surface area contributed by atoms with Crippen molar-refractivity contribution in [3.63, 3.8) is 0 Å². The van der Waals surface area contributed by atoms with Gasteiger partial charge in [-0.3, -0.25) is 4.98 Å². The van der Waals surface area contributed by atoms with Crippen LogP contribution in [-0.4, -0.2) is 63.1 Å². The number of hydrogen-bond acceptors (Lipinski definition) is 8. The summed E-state index contributed by atoms with van der Waals surface area (Å²) in [7, 11) is 0. The molecule has 212 valence electrons. The molecule has 0 bridgehead atoms. The van der Waals surface area contributed by atoms with Gasteiger partial charge >= 0.3 is 6.09 Å². The van der Waals surface area contributed by atoms with Gasteiger partial charge in [0.25, 0.3) is 5.89 Å². The van der Waals surface area contributed by atoms with Crippen LogP contribution < -0.4 is 0 Å². The highest BCUT2D eigenvalue weighted by molar-refractivity contribution is 5.70. The zero-order valence-electron chi connectivity index (χ0n) is 23.7. The molecular formula is C31H38N4O5. The maximum atomic E-state index is 12.8. The van der Waals surface area contributed by atoms with Crippen LogP contribution in [-0.2, 0) is 15.1 Å². The number of aromatic nitrogens is 3. The van der Waals surface area contributed by atoms with Gasteiger partial charge in [-0.2, -0.15) is 4.98 Å². The predicted molar refractivity (Wildman–Crippen MR) is 148 cm³/mol. The van der Waals surface area contributed by atoms with E-state index in [1.54, 1.807) is 17.3 Å². The van der Waals surface area contributed by atoms with Gasteiger partial charge in [0.2, 0.25) is 0 Å². The molecule has 1 atom stereocenters.